The average molecular weight is 479 g/mol. The van der Waals surface area contributed by atoms with E-state index in [0.717, 1.165) is 19.3 Å². The van der Waals surface area contributed by atoms with Gasteiger partial charge in [0.15, 0.2) is 0 Å². The lowest BCUT2D eigenvalue weighted by atomic mass is 9.98. The molecule has 0 aliphatic heterocycles. The van der Waals surface area contributed by atoms with Gasteiger partial charge < -0.3 is 20.5 Å². The molecule has 0 saturated heterocycles. The van der Waals surface area contributed by atoms with Crippen LogP contribution < -0.4 is 10.6 Å². The van der Waals surface area contributed by atoms with Crippen molar-refractivity contribution in [3.05, 3.63) is 59.7 Å². The van der Waals surface area contributed by atoms with Gasteiger partial charge in [0.05, 0.1) is 6.42 Å². The van der Waals surface area contributed by atoms with Crippen molar-refractivity contribution in [3.63, 3.8) is 0 Å². The molecule has 35 heavy (non-hydrogen) atoms. The van der Waals surface area contributed by atoms with E-state index < -0.39 is 12.1 Å². The molecule has 2 aromatic rings. The van der Waals surface area contributed by atoms with E-state index in [2.05, 4.69) is 34.9 Å². The van der Waals surface area contributed by atoms with Crippen LogP contribution in [-0.4, -0.2) is 42.3 Å². The number of hydrogen-bond donors (Lipinski definition) is 3. The van der Waals surface area contributed by atoms with Crippen LogP contribution >= 0.6 is 0 Å². The van der Waals surface area contributed by atoms with Crippen molar-refractivity contribution < 1.29 is 24.2 Å². The minimum atomic E-state index is -0.816. The summed E-state index contributed by atoms with van der Waals surface area (Å²) in [6.45, 7) is 2.68. The first-order valence-electron chi connectivity index (χ1n) is 12.5. The summed E-state index contributed by atoms with van der Waals surface area (Å²) in [6.07, 6.45) is 3.28. The van der Waals surface area contributed by atoms with E-state index in [1.807, 2.05) is 31.2 Å². The Labute approximate surface area is 206 Å². The van der Waals surface area contributed by atoms with Gasteiger partial charge in [-0.25, -0.2) is 4.79 Å². The van der Waals surface area contributed by atoms with Crippen molar-refractivity contribution in [2.75, 3.05) is 13.2 Å². The maximum Gasteiger partial charge on any atom is 0.407 e. The summed E-state index contributed by atoms with van der Waals surface area (Å²) in [6, 6.07) is 16.4. The Balaban J connectivity index is 1.17. The smallest absolute Gasteiger partial charge is 0.407 e. The number of carbonyl (C=O) groups is 3. The maximum absolute atomic E-state index is 12.4. The molecule has 2 amide bonds. The van der Waals surface area contributed by atoms with Crippen molar-refractivity contribution in [2.24, 2.45) is 11.8 Å². The van der Waals surface area contributed by atoms with Crippen molar-refractivity contribution >= 4 is 18.0 Å². The molecular weight excluding hydrogens is 444 g/mol. The molecular formula is C28H34N2O5. The van der Waals surface area contributed by atoms with E-state index in [-0.39, 0.29) is 42.7 Å². The van der Waals surface area contributed by atoms with Crippen LogP contribution in [-0.2, 0) is 14.3 Å². The Morgan fingerprint density at radius 2 is 1.69 bits per heavy atom. The van der Waals surface area contributed by atoms with Crippen LogP contribution in [0.1, 0.15) is 62.5 Å². The minimum Gasteiger partial charge on any atom is -0.481 e. The highest BCUT2D eigenvalue weighted by Gasteiger charge is 2.31. The van der Waals surface area contributed by atoms with Gasteiger partial charge in [0.25, 0.3) is 0 Å². The molecule has 7 heteroatoms. The Morgan fingerprint density at radius 1 is 1.03 bits per heavy atom. The predicted molar refractivity (Wildman–Crippen MR) is 133 cm³/mol. The molecule has 0 spiro atoms. The number of benzene rings is 2. The van der Waals surface area contributed by atoms with Crippen LogP contribution in [0.5, 0.6) is 0 Å². The van der Waals surface area contributed by atoms with Gasteiger partial charge in [-0.05, 0) is 53.4 Å². The van der Waals surface area contributed by atoms with E-state index in [1.165, 1.54) is 22.3 Å². The molecule has 4 rings (SSSR count). The summed E-state index contributed by atoms with van der Waals surface area (Å²) in [5.74, 6) is -0.744. The molecule has 7 nitrogen and oxygen atoms in total. The van der Waals surface area contributed by atoms with Crippen LogP contribution in [0.3, 0.4) is 0 Å². The lowest BCUT2D eigenvalue weighted by Gasteiger charge is -2.21. The SMILES string of the molecule is CC(CCNC(=O)OCC1c2ccccc2-c2ccccc21)CC(=O)N[C@@H]1CCC[C@H]1CC(=O)O. The fraction of sp³-hybridized carbons (Fsp3) is 0.464. The highest BCUT2D eigenvalue weighted by molar-refractivity contribution is 5.79. The van der Waals surface area contributed by atoms with E-state index in [0.29, 0.717) is 19.4 Å². The standard InChI is InChI=1S/C28H34N2O5/c1-18(15-26(31)30-25-12-6-7-19(25)16-27(32)33)13-14-29-28(34)35-17-24-22-10-4-2-8-20(22)21-9-3-5-11-23(21)24/h2-5,8-11,18-19,24-25H,6-7,12-17H2,1H3,(H,29,34)(H,30,31)(H,32,33)/t18?,19-,25+/m0/s1. The van der Waals surface area contributed by atoms with Gasteiger partial charge in [0.2, 0.25) is 5.91 Å². The van der Waals surface area contributed by atoms with Crippen molar-refractivity contribution in [3.8, 4) is 11.1 Å². The molecule has 2 aromatic carbocycles. The normalized spacial score (nSPS) is 19.5. The molecule has 186 valence electrons. The zero-order valence-corrected chi connectivity index (χ0v) is 20.2. The molecule has 0 bridgehead atoms. The number of carbonyl (C=O) groups excluding carboxylic acids is 2. The number of hydrogen-bond acceptors (Lipinski definition) is 4. The van der Waals surface area contributed by atoms with Crippen LogP contribution in [0.25, 0.3) is 11.1 Å². The number of fused-ring (bicyclic) bond motifs is 3. The third-order valence-corrected chi connectivity index (χ3v) is 7.23. The number of amides is 2. The number of rotatable bonds is 10. The number of nitrogens with one attached hydrogen (secondary N) is 2. The Hall–Kier alpha value is -3.35. The lowest BCUT2D eigenvalue weighted by Crippen LogP contribution is -2.38. The fourth-order valence-corrected chi connectivity index (χ4v) is 5.45. The summed E-state index contributed by atoms with van der Waals surface area (Å²) in [4.78, 5) is 35.7. The second kappa shape index (κ2) is 11.4. The average Bonchev–Trinajstić information content (AvgIpc) is 3.39. The minimum absolute atomic E-state index is 0.0157. The highest BCUT2D eigenvalue weighted by atomic mass is 16.5. The third kappa shape index (κ3) is 6.21. The first-order valence-corrected chi connectivity index (χ1v) is 12.5. The van der Waals surface area contributed by atoms with Gasteiger partial charge in [0.1, 0.15) is 6.61 Å². The fourth-order valence-electron chi connectivity index (χ4n) is 5.45. The lowest BCUT2D eigenvalue weighted by molar-refractivity contribution is -0.138. The summed E-state index contributed by atoms with van der Waals surface area (Å²) in [5, 5.41) is 14.9. The van der Waals surface area contributed by atoms with Crippen molar-refractivity contribution in [1.82, 2.24) is 10.6 Å². The third-order valence-electron chi connectivity index (χ3n) is 7.23. The van der Waals surface area contributed by atoms with Crippen molar-refractivity contribution in [1.29, 1.82) is 0 Å². The second-order valence-corrected chi connectivity index (χ2v) is 9.81. The van der Waals surface area contributed by atoms with E-state index in [4.69, 9.17) is 9.84 Å². The van der Waals surface area contributed by atoms with E-state index in [9.17, 15) is 14.4 Å². The highest BCUT2D eigenvalue weighted by Crippen LogP contribution is 2.44. The number of carboxylic acids is 1. The molecule has 0 heterocycles. The molecule has 1 fully saturated rings. The van der Waals surface area contributed by atoms with Crippen molar-refractivity contribution in [2.45, 2.75) is 57.4 Å². The second-order valence-electron chi connectivity index (χ2n) is 9.81. The zero-order valence-electron chi connectivity index (χ0n) is 20.2. The Bertz CT molecular complexity index is 1020. The maximum atomic E-state index is 12.4. The number of aliphatic carboxylic acids is 1. The largest absolute Gasteiger partial charge is 0.481 e. The molecule has 3 N–H and O–H groups in total. The zero-order chi connectivity index (χ0) is 24.8. The number of ether oxygens (including phenoxy) is 1. The van der Waals surface area contributed by atoms with Gasteiger partial charge in [-0.2, -0.15) is 0 Å². The van der Waals surface area contributed by atoms with Gasteiger partial charge in [-0.1, -0.05) is 61.9 Å². The van der Waals surface area contributed by atoms with Gasteiger partial charge in [-0.3, -0.25) is 9.59 Å². The molecule has 0 radical (unpaired) electrons. The molecule has 3 atom stereocenters. The molecule has 2 aliphatic carbocycles. The van der Waals surface area contributed by atoms with E-state index >= 15 is 0 Å². The topological polar surface area (TPSA) is 105 Å². The monoisotopic (exact) mass is 478 g/mol. The summed E-state index contributed by atoms with van der Waals surface area (Å²) in [7, 11) is 0. The number of carboxylic acid groups (broad SMARTS) is 1. The summed E-state index contributed by atoms with van der Waals surface area (Å²) >= 11 is 0. The van der Waals surface area contributed by atoms with Crippen LogP contribution in [0.2, 0.25) is 0 Å². The van der Waals surface area contributed by atoms with E-state index in [1.54, 1.807) is 0 Å². The summed E-state index contributed by atoms with van der Waals surface area (Å²) in [5.41, 5.74) is 4.73. The van der Waals surface area contributed by atoms with Crippen LogP contribution in [0, 0.1) is 11.8 Å². The Morgan fingerprint density at radius 3 is 2.34 bits per heavy atom. The predicted octanol–water partition coefficient (Wildman–Crippen LogP) is 4.70. The van der Waals surface area contributed by atoms with Gasteiger partial charge in [0, 0.05) is 24.9 Å². The quantitative estimate of drug-likeness (QED) is 0.459. The molecule has 1 unspecified atom stereocenters. The van der Waals surface area contributed by atoms with Gasteiger partial charge in [-0.15, -0.1) is 0 Å². The van der Waals surface area contributed by atoms with Gasteiger partial charge >= 0.3 is 12.1 Å². The molecule has 2 aliphatic rings. The molecule has 0 aromatic heterocycles. The van der Waals surface area contributed by atoms with Crippen LogP contribution in [0.4, 0.5) is 4.79 Å². The number of alkyl carbamates (subject to hydrolysis) is 1. The van der Waals surface area contributed by atoms with Crippen LogP contribution in [0.15, 0.2) is 48.5 Å². The first kappa shape index (κ1) is 24.8. The Kier molecular flexibility index (Phi) is 8.06. The molecule has 1 saturated carbocycles. The summed E-state index contributed by atoms with van der Waals surface area (Å²) < 4.78 is 5.56. The first-order chi connectivity index (χ1) is 16.9.